The molecule has 1 aromatic heterocycles. The van der Waals surface area contributed by atoms with Crippen LogP contribution in [0.25, 0.3) is 0 Å². The van der Waals surface area contributed by atoms with Gasteiger partial charge in [-0.2, -0.15) is 0 Å². The minimum absolute atomic E-state index is 0.340. The summed E-state index contributed by atoms with van der Waals surface area (Å²) < 4.78 is 5.70. The Kier molecular flexibility index (Phi) is 4.28. The molecule has 5 heteroatoms. The highest BCUT2D eigenvalue weighted by Gasteiger charge is 2.03. The summed E-state index contributed by atoms with van der Waals surface area (Å²) in [6.45, 7) is 0. The second-order valence-electron chi connectivity index (χ2n) is 3.44. The van der Waals surface area contributed by atoms with Gasteiger partial charge in [-0.3, -0.25) is 4.99 Å². The van der Waals surface area contributed by atoms with Crippen LogP contribution in [-0.4, -0.2) is 19.3 Å². The second kappa shape index (κ2) is 5.93. The van der Waals surface area contributed by atoms with Gasteiger partial charge >= 0.3 is 5.97 Å². The highest BCUT2D eigenvalue weighted by molar-refractivity contribution is 9.11. The van der Waals surface area contributed by atoms with Crippen molar-refractivity contribution in [1.82, 2.24) is 0 Å². The Morgan fingerprint density at radius 2 is 2.00 bits per heavy atom. The number of hydrogen-bond acceptors (Lipinski definition) is 4. The van der Waals surface area contributed by atoms with Crippen LogP contribution in [0.2, 0.25) is 0 Å². The van der Waals surface area contributed by atoms with Crippen molar-refractivity contribution in [1.29, 1.82) is 0 Å². The molecule has 2 aromatic rings. The third-order valence-electron chi connectivity index (χ3n) is 2.22. The molecule has 0 spiro atoms. The predicted molar refractivity (Wildman–Crippen MR) is 77.1 cm³/mol. The van der Waals surface area contributed by atoms with Gasteiger partial charge in [0.05, 0.1) is 22.1 Å². The number of halogens is 1. The predicted octanol–water partition coefficient (Wildman–Crippen LogP) is 4.05. The van der Waals surface area contributed by atoms with Crippen LogP contribution in [0.15, 0.2) is 45.2 Å². The fraction of sp³-hybridized carbons (Fsp3) is 0.0769. The molecule has 0 aliphatic rings. The first-order valence-corrected chi connectivity index (χ1v) is 6.78. The van der Waals surface area contributed by atoms with Gasteiger partial charge in [0.15, 0.2) is 0 Å². The molecular formula is C13H10BrNO2S. The molecule has 1 heterocycles. The first-order valence-electron chi connectivity index (χ1n) is 5.17. The summed E-state index contributed by atoms with van der Waals surface area (Å²) in [5.41, 5.74) is 1.32. The smallest absolute Gasteiger partial charge is 0.337 e. The number of carbonyl (C=O) groups is 1. The maximum Gasteiger partial charge on any atom is 0.337 e. The zero-order valence-electron chi connectivity index (χ0n) is 9.59. The molecule has 0 fully saturated rings. The molecule has 92 valence electrons. The largest absolute Gasteiger partial charge is 0.465 e. The van der Waals surface area contributed by atoms with Gasteiger partial charge in [-0.1, -0.05) is 0 Å². The summed E-state index contributed by atoms with van der Waals surface area (Å²) >= 11 is 5.01. The van der Waals surface area contributed by atoms with E-state index in [2.05, 4.69) is 25.7 Å². The molecule has 0 saturated heterocycles. The van der Waals surface area contributed by atoms with Crippen molar-refractivity contribution >= 4 is 45.1 Å². The number of hydrogen-bond donors (Lipinski definition) is 0. The molecule has 18 heavy (non-hydrogen) atoms. The zero-order chi connectivity index (χ0) is 13.0. The van der Waals surface area contributed by atoms with Crippen molar-refractivity contribution < 1.29 is 9.53 Å². The third-order valence-corrected chi connectivity index (χ3v) is 3.78. The van der Waals surface area contributed by atoms with Gasteiger partial charge in [-0.25, -0.2) is 4.79 Å². The van der Waals surface area contributed by atoms with E-state index in [4.69, 9.17) is 0 Å². The van der Waals surface area contributed by atoms with E-state index in [1.165, 1.54) is 7.11 Å². The molecule has 0 radical (unpaired) electrons. The van der Waals surface area contributed by atoms with E-state index in [1.807, 2.05) is 12.1 Å². The Morgan fingerprint density at radius 3 is 2.56 bits per heavy atom. The standard InChI is InChI=1S/C13H10BrNO2S/c1-17-13(16)9-2-4-10(5-3-9)15-8-11-6-7-12(14)18-11/h2-8H,1H3. The molecule has 0 amide bonds. The summed E-state index contributed by atoms with van der Waals surface area (Å²) in [7, 11) is 1.36. The SMILES string of the molecule is COC(=O)c1ccc(N=Cc2ccc(Br)s2)cc1. The van der Waals surface area contributed by atoms with E-state index in [-0.39, 0.29) is 5.97 Å². The van der Waals surface area contributed by atoms with Gasteiger partial charge in [0.2, 0.25) is 0 Å². The molecular weight excluding hydrogens is 314 g/mol. The van der Waals surface area contributed by atoms with Crippen molar-refractivity contribution in [3.05, 3.63) is 50.6 Å². The second-order valence-corrected chi connectivity index (χ2v) is 5.93. The van der Waals surface area contributed by atoms with Crippen molar-refractivity contribution in [2.24, 2.45) is 4.99 Å². The number of aliphatic imine (C=N–C) groups is 1. The highest BCUT2D eigenvalue weighted by atomic mass is 79.9. The number of methoxy groups -OCH3 is 1. The Morgan fingerprint density at radius 1 is 1.28 bits per heavy atom. The highest BCUT2D eigenvalue weighted by Crippen LogP contribution is 2.21. The van der Waals surface area contributed by atoms with Crippen molar-refractivity contribution in [3.63, 3.8) is 0 Å². The topological polar surface area (TPSA) is 38.7 Å². The van der Waals surface area contributed by atoms with Gasteiger partial charge in [0.1, 0.15) is 0 Å². The van der Waals surface area contributed by atoms with Crippen LogP contribution in [0.3, 0.4) is 0 Å². The molecule has 0 aliphatic heterocycles. The van der Waals surface area contributed by atoms with E-state index in [0.717, 1.165) is 14.4 Å². The molecule has 0 unspecified atom stereocenters. The van der Waals surface area contributed by atoms with Crippen molar-refractivity contribution in [2.45, 2.75) is 0 Å². The van der Waals surface area contributed by atoms with Crippen LogP contribution < -0.4 is 0 Å². The van der Waals surface area contributed by atoms with Crippen molar-refractivity contribution in [2.75, 3.05) is 7.11 Å². The molecule has 3 nitrogen and oxygen atoms in total. The Labute approximate surface area is 117 Å². The molecule has 1 aromatic carbocycles. The maximum atomic E-state index is 11.2. The summed E-state index contributed by atoms with van der Waals surface area (Å²) in [5, 5.41) is 0. The average Bonchev–Trinajstić information content (AvgIpc) is 2.82. The van der Waals surface area contributed by atoms with Crippen LogP contribution in [0.1, 0.15) is 15.2 Å². The van der Waals surface area contributed by atoms with Gasteiger partial charge in [0.25, 0.3) is 0 Å². The van der Waals surface area contributed by atoms with Gasteiger partial charge in [0, 0.05) is 11.1 Å². The number of nitrogens with zero attached hydrogens (tertiary/aromatic N) is 1. The Bertz CT molecular complexity index is 575. The monoisotopic (exact) mass is 323 g/mol. The first kappa shape index (κ1) is 13.0. The lowest BCUT2D eigenvalue weighted by atomic mass is 10.2. The van der Waals surface area contributed by atoms with E-state index >= 15 is 0 Å². The molecule has 0 saturated carbocycles. The summed E-state index contributed by atoms with van der Waals surface area (Å²) in [4.78, 5) is 16.6. The van der Waals surface area contributed by atoms with E-state index in [0.29, 0.717) is 5.56 Å². The summed E-state index contributed by atoms with van der Waals surface area (Å²) in [5.74, 6) is -0.340. The lowest BCUT2D eigenvalue weighted by molar-refractivity contribution is 0.0601. The minimum Gasteiger partial charge on any atom is -0.465 e. The fourth-order valence-corrected chi connectivity index (χ4v) is 2.63. The minimum atomic E-state index is -0.340. The zero-order valence-corrected chi connectivity index (χ0v) is 12.0. The summed E-state index contributed by atoms with van der Waals surface area (Å²) in [6, 6.07) is 10.9. The number of ether oxygens (including phenoxy) is 1. The van der Waals surface area contributed by atoms with Crippen LogP contribution in [-0.2, 0) is 4.74 Å². The van der Waals surface area contributed by atoms with Crippen LogP contribution >= 0.6 is 27.3 Å². The lowest BCUT2D eigenvalue weighted by Crippen LogP contribution is -1.99. The van der Waals surface area contributed by atoms with Gasteiger partial charge < -0.3 is 4.74 Å². The number of rotatable bonds is 3. The quantitative estimate of drug-likeness (QED) is 0.631. The number of carbonyl (C=O) groups excluding carboxylic acids is 1. The normalized spacial score (nSPS) is 10.8. The van der Waals surface area contributed by atoms with Crippen molar-refractivity contribution in [3.8, 4) is 0 Å². The molecule has 0 N–H and O–H groups in total. The summed E-state index contributed by atoms with van der Waals surface area (Å²) in [6.07, 6.45) is 1.79. The fourth-order valence-electron chi connectivity index (χ4n) is 1.34. The number of benzene rings is 1. The van der Waals surface area contributed by atoms with E-state index in [9.17, 15) is 4.79 Å². The Hall–Kier alpha value is -1.46. The average molecular weight is 324 g/mol. The van der Waals surface area contributed by atoms with E-state index < -0.39 is 0 Å². The lowest BCUT2D eigenvalue weighted by Gasteiger charge is -1.98. The van der Waals surface area contributed by atoms with Gasteiger partial charge in [-0.15, -0.1) is 11.3 Å². The third kappa shape index (κ3) is 3.27. The number of esters is 1. The molecule has 0 aliphatic carbocycles. The van der Waals surface area contributed by atoms with Crippen LogP contribution in [0.4, 0.5) is 5.69 Å². The van der Waals surface area contributed by atoms with Crippen LogP contribution in [0.5, 0.6) is 0 Å². The molecule has 2 rings (SSSR count). The first-order chi connectivity index (χ1) is 8.69. The number of thiophene rings is 1. The molecule has 0 bridgehead atoms. The maximum absolute atomic E-state index is 11.2. The van der Waals surface area contributed by atoms with Gasteiger partial charge in [-0.05, 0) is 52.3 Å². The van der Waals surface area contributed by atoms with Crippen LogP contribution in [0, 0.1) is 0 Å². The Balaban J connectivity index is 2.11. The van der Waals surface area contributed by atoms with E-state index in [1.54, 1.807) is 41.8 Å². The molecule has 0 atom stereocenters.